The van der Waals surface area contributed by atoms with E-state index in [-0.39, 0.29) is 11.8 Å². The molecule has 0 spiro atoms. The Morgan fingerprint density at radius 3 is 2.94 bits per heavy atom. The second kappa shape index (κ2) is 6.00. The van der Waals surface area contributed by atoms with Gasteiger partial charge >= 0.3 is 0 Å². The second-order valence-corrected chi connectivity index (χ2v) is 5.14. The standard InChI is InChI=1S/C13H22N4O/c1-15(2)13(18)12-5-3-7-16(11-12)9-10-17-8-4-6-14-17/h4,6,8,12H,3,5,7,9-11H2,1-2H3. The zero-order valence-corrected chi connectivity index (χ0v) is 11.2. The number of amides is 1. The summed E-state index contributed by atoms with van der Waals surface area (Å²) >= 11 is 0. The number of aromatic nitrogens is 2. The minimum atomic E-state index is 0.173. The Labute approximate surface area is 108 Å². The summed E-state index contributed by atoms with van der Waals surface area (Å²) in [6.07, 6.45) is 5.92. The highest BCUT2D eigenvalue weighted by atomic mass is 16.2. The average molecular weight is 250 g/mol. The smallest absolute Gasteiger partial charge is 0.226 e. The third-order valence-corrected chi connectivity index (χ3v) is 3.50. The van der Waals surface area contributed by atoms with Crippen LogP contribution in [-0.2, 0) is 11.3 Å². The molecule has 0 bridgehead atoms. The van der Waals surface area contributed by atoms with Crippen LogP contribution in [0.15, 0.2) is 18.5 Å². The molecule has 1 aromatic heterocycles. The van der Waals surface area contributed by atoms with Crippen LogP contribution in [0.2, 0.25) is 0 Å². The molecule has 5 heteroatoms. The second-order valence-electron chi connectivity index (χ2n) is 5.14. The molecule has 5 nitrogen and oxygen atoms in total. The van der Waals surface area contributed by atoms with E-state index in [0.717, 1.165) is 39.0 Å². The maximum absolute atomic E-state index is 12.0. The van der Waals surface area contributed by atoms with Crippen molar-refractivity contribution in [1.29, 1.82) is 0 Å². The Balaban J connectivity index is 1.81. The number of hydrogen-bond donors (Lipinski definition) is 0. The Kier molecular flexibility index (Phi) is 4.36. The fourth-order valence-corrected chi connectivity index (χ4v) is 2.50. The largest absolute Gasteiger partial charge is 0.349 e. The van der Waals surface area contributed by atoms with E-state index in [1.54, 1.807) is 11.1 Å². The van der Waals surface area contributed by atoms with Gasteiger partial charge in [-0.3, -0.25) is 9.48 Å². The van der Waals surface area contributed by atoms with E-state index in [4.69, 9.17) is 0 Å². The Morgan fingerprint density at radius 2 is 2.28 bits per heavy atom. The summed E-state index contributed by atoms with van der Waals surface area (Å²) in [7, 11) is 3.68. The zero-order chi connectivity index (χ0) is 13.0. The molecule has 0 radical (unpaired) electrons. The lowest BCUT2D eigenvalue weighted by molar-refractivity contribution is -0.134. The van der Waals surface area contributed by atoms with Crippen molar-refractivity contribution in [3.8, 4) is 0 Å². The minimum absolute atomic E-state index is 0.173. The number of carbonyl (C=O) groups is 1. The van der Waals surface area contributed by atoms with Gasteiger partial charge in [-0.25, -0.2) is 0 Å². The van der Waals surface area contributed by atoms with Crippen LogP contribution in [-0.4, -0.2) is 59.2 Å². The number of carbonyl (C=O) groups excluding carboxylic acids is 1. The number of hydrogen-bond acceptors (Lipinski definition) is 3. The molecule has 1 aliphatic heterocycles. The molecule has 0 aliphatic carbocycles. The molecular formula is C13H22N4O. The van der Waals surface area contributed by atoms with Crippen LogP contribution in [0, 0.1) is 5.92 Å². The van der Waals surface area contributed by atoms with E-state index < -0.39 is 0 Å². The van der Waals surface area contributed by atoms with Crippen molar-refractivity contribution in [2.75, 3.05) is 33.7 Å². The first-order valence-electron chi connectivity index (χ1n) is 6.58. The molecule has 0 aromatic carbocycles. The van der Waals surface area contributed by atoms with E-state index in [2.05, 4.69) is 10.00 Å². The highest BCUT2D eigenvalue weighted by Gasteiger charge is 2.26. The molecule has 18 heavy (non-hydrogen) atoms. The predicted octanol–water partition coefficient (Wildman–Crippen LogP) is 0.683. The van der Waals surface area contributed by atoms with E-state index in [1.165, 1.54) is 0 Å². The van der Waals surface area contributed by atoms with E-state index in [1.807, 2.05) is 31.0 Å². The Morgan fingerprint density at radius 1 is 1.44 bits per heavy atom. The van der Waals surface area contributed by atoms with Gasteiger partial charge in [0.25, 0.3) is 0 Å². The zero-order valence-electron chi connectivity index (χ0n) is 11.2. The van der Waals surface area contributed by atoms with Gasteiger partial charge in [0.05, 0.1) is 12.5 Å². The van der Waals surface area contributed by atoms with E-state index >= 15 is 0 Å². The third kappa shape index (κ3) is 3.32. The SMILES string of the molecule is CN(C)C(=O)C1CCCN(CCn2cccn2)C1. The van der Waals surface area contributed by atoms with Gasteiger partial charge in [-0.15, -0.1) is 0 Å². The van der Waals surface area contributed by atoms with Crippen LogP contribution >= 0.6 is 0 Å². The summed E-state index contributed by atoms with van der Waals surface area (Å²) in [5.41, 5.74) is 0. The van der Waals surface area contributed by atoms with Gasteiger partial charge in [0.15, 0.2) is 0 Å². The molecule has 0 saturated carbocycles. The van der Waals surface area contributed by atoms with Crippen molar-refractivity contribution in [2.24, 2.45) is 5.92 Å². The Bertz CT molecular complexity index is 374. The van der Waals surface area contributed by atoms with Gasteiger partial charge in [0.1, 0.15) is 0 Å². The molecule has 1 saturated heterocycles. The van der Waals surface area contributed by atoms with Gasteiger partial charge in [-0.1, -0.05) is 0 Å². The first-order valence-corrected chi connectivity index (χ1v) is 6.58. The topological polar surface area (TPSA) is 41.4 Å². The van der Waals surface area contributed by atoms with Gasteiger partial charge in [0.2, 0.25) is 5.91 Å². The molecule has 1 aromatic rings. The lowest BCUT2D eigenvalue weighted by Gasteiger charge is -2.33. The number of piperidine rings is 1. The van der Waals surface area contributed by atoms with Crippen molar-refractivity contribution >= 4 is 5.91 Å². The minimum Gasteiger partial charge on any atom is -0.349 e. The molecule has 1 fully saturated rings. The van der Waals surface area contributed by atoms with E-state index in [0.29, 0.717) is 0 Å². The molecule has 100 valence electrons. The van der Waals surface area contributed by atoms with Crippen LogP contribution in [0.25, 0.3) is 0 Å². The van der Waals surface area contributed by atoms with Crippen molar-refractivity contribution in [1.82, 2.24) is 19.6 Å². The Hall–Kier alpha value is -1.36. The van der Waals surface area contributed by atoms with Gasteiger partial charge in [-0.05, 0) is 25.5 Å². The van der Waals surface area contributed by atoms with Crippen LogP contribution in [0.1, 0.15) is 12.8 Å². The van der Waals surface area contributed by atoms with Crippen molar-refractivity contribution < 1.29 is 4.79 Å². The van der Waals surface area contributed by atoms with Crippen molar-refractivity contribution in [3.05, 3.63) is 18.5 Å². The number of nitrogens with zero attached hydrogens (tertiary/aromatic N) is 4. The predicted molar refractivity (Wildman–Crippen MR) is 70.1 cm³/mol. The van der Waals surface area contributed by atoms with Crippen molar-refractivity contribution in [2.45, 2.75) is 19.4 Å². The fraction of sp³-hybridized carbons (Fsp3) is 0.692. The molecular weight excluding hydrogens is 228 g/mol. The quantitative estimate of drug-likeness (QED) is 0.789. The van der Waals surface area contributed by atoms with Gasteiger partial charge in [0, 0.05) is 39.6 Å². The summed E-state index contributed by atoms with van der Waals surface area (Å²) in [6.45, 7) is 3.85. The summed E-state index contributed by atoms with van der Waals surface area (Å²) in [5, 5.41) is 4.20. The molecule has 2 heterocycles. The maximum Gasteiger partial charge on any atom is 0.226 e. The molecule has 1 aliphatic rings. The number of rotatable bonds is 4. The molecule has 1 unspecified atom stereocenters. The summed E-state index contributed by atoms with van der Waals surface area (Å²) < 4.78 is 1.94. The first kappa shape index (κ1) is 13.1. The van der Waals surface area contributed by atoms with Crippen LogP contribution in [0.5, 0.6) is 0 Å². The summed E-state index contributed by atoms with van der Waals surface area (Å²) in [5.74, 6) is 0.435. The highest BCUT2D eigenvalue weighted by Crippen LogP contribution is 2.17. The molecule has 1 amide bonds. The maximum atomic E-state index is 12.0. The highest BCUT2D eigenvalue weighted by molar-refractivity contribution is 5.78. The normalized spacial score (nSPS) is 20.9. The van der Waals surface area contributed by atoms with Gasteiger partial charge in [-0.2, -0.15) is 5.10 Å². The molecule has 0 N–H and O–H groups in total. The van der Waals surface area contributed by atoms with Crippen molar-refractivity contribution in [3.63, 3.8) is 0 Å². The monoisotopic (exact) mass is 250 g/mol. The third-order valence-electron chi connectivity index (χ3n) is 3.50. The molecule has 2 rings (SSSR count). The van der Waals surface area contributed by atoms with Crippen LogP contribution < -0.4 is 0 Å². The van der Waals surface area contributed by atoms with Crippen LogP contribution in [0.4, 0.5) is 0 Å². The van der Waals surface area contributed by atoms with Gasteiger partial charge < -0.3 is 9.80 Å². The molecule has 1 atom stereocenters. The lowest BCUT2D eigenvalue weighted by Crippen LogP contribution is -2.43. The fourth-order valence-electron chi connectivity index (χ4n) is 2.50. The lowest BCUT2D eigenvalue weighted by atomic mass is 9.97. The first-order chi connectivity index (χ1) is 8.66. The number of likely N-dealkylation sites (tertiary alicyclic amines) is 1. The average Bonchev–Trinajstić information content (AvgIpc) is 2.89. The van der Waals surface area contributed by atoms with E-state index in [9.17, 15) is 4.79 Å². The summed E-state index contributed by atoms with van der Waals surface area (Å²) in [6, 6.07) is 1.94. The summed E-state index contributed by atoms with van der Waals surface area (Å²) in [4.78, 5) is 16.0. The van der Waals surface area contributed by atoms with Crippen LogP contribution in [0.3, 0.4) is 0 Å².